The van der Waals surface area contributed by atoms with Crippen molar-refractivity contribution in [1.29, 1.82) is 0 Å². The zero-order chi connectivity index (χ0) is 18.4. The lowest BCUT2D eigenvalue weighted by atomic mass is 10.1. The van der Waals surface area contributed by atoms with Crippen LogP contribution < -0.4 is 10.3 Å². The number of rotatable bonds is 5. The first kappa shape index (κ1) is 17.2. The summed E-state index contributed by atoms with van der Waals surface area (Å²) in [6.45, 7) is 0.140. The average molecular weight is 349 g/mol. The van der Waals surface area contributed by atoms with Crippen LogP contribution in [0.5, 0.6) is 5.75 Å². The second-order valence-corrected chi connectivity index (χ2v) is 5.42. The monoisotopic (exact) mass is 349 g/mol. The van der Waals surface area contributed by atoms with Crippen LogP contribution in [0.1, 0.15) is 26.3 Å². The van der Waals surface area contributed by atoms with Crippen molar-refractivity contribution in [2.75, 3.05) is 0 Å². The molecule has 3 aromatic rings. The Morgan fingerprint density at radius 2 is 1.58 bits per heavy atom. The number of H-pyrrole nitrogens is 1. The Morgan fingerprint density at radius 1 is 0.846 bits per heavy atom. The quantitative estimate of drug-likeness (QED) is 0.716. The van der Waals surface area contributed by atoms with Crippen LogP contribution in [0, 0.1) is 0 Å². The van der Waals surface area contributed by atoms with Crippen molar-refractivity contribution >= 4 is 11.9 Å². The third kappa shape index (κ3) is 4.45. The minimum absolute atomic E-state index is 0.121. The van der Waals surface area contributed by atoms with Crippen molar-refractivity contribution in [3.05, 3.63) is 100.0 Å². The third-order valence-electron chi connectivity index (χ3n) is 3.50. The number of ether oxygens (including phenoxy) is 2. The number of hydrogen-bond donors (Lipinski definition) is 1. The highest BCUT2D eigenvalue weighted by Crippen LogP contribution is 2.13. The smallest absolute Gasteiger partial charge is 0.343 e. The van der Waals surface area contributed by atoms with E-state index in [2.05, 4.69) is 4.98 Å². The minimum atomic E-state index is -0.673. The molecule has 0 aliphatic rings. The van der Waals surface area contributed by atoms with Crippen molar-refractivity contribution in [2.45, 2.75) is 6.61 Å². The van der Waals surface area contributed by atoms with Crippen LogP contribution in [0.3, 0.4) is 0 Å². The summed E-state index contributed by atoms with van der Waals surface area (Å²) in [5.74, 6) is -1.09. The van der Waals surface area contributed by atoms with Gasteiger partial charge in [0.25, 0.3) is 5.56 Å². The number of carbonyl (C=O) groups excluding carboxylic acids is 2. The van der Waals surface area contributed by atoms with E-state index < -0.39 is 11.9 Å². The van der Waals surface area contributed by atoms with E-state index in [9.17, 15) is 14.4 Å². The molecule has 0 aliphatic carbocycles. The number of pyridine rings is 1. The summed E-state index contributed by atoms with van der Waals surface area (Å²) in [6.07, 6.45) is 1.38. The molecule has 0 spiro atoms. The van der Waals surface area contributed by atoms with E-state index in [0.29, 0.717) is 0 Å². The maximum atomic E-state index is 12.2. The first-order chi connectivity index (χ1) is 12.6. The zero-order valence-corrected chi connectivity index (χ0v) is 13.7. The predicted octanol–water partition coefficient (Wildman–Crippen LogP) is 2.95. The summed E-state index contributed by atoms with van der Waals surface area (Å²) in [5, 5.41) is 0. The summed E-state index contributed by atoms with van der Waals surface area (Å²) in [5.41, 5.74) is 0.903. The van der Waals surface area contributed by atoms with E-state index in [1.807, 2.05) is 30.3 Å². The van der Waals surface area contributed by atoms with Crippen LogP contribution in [0.15, 0.2) is 77.7 Å². The average Bonchev–Trinajstić information content (AvgIpc) is 2.67. The third-order valence-corrected chi connectivity index (χ3v) is 3.50. The molecule has 0 atom stereocenters. The molecule has 1 heterocycles. The maximum Gasteiger partial charge on any atom is 0.343 e. The highest BCUT2D eigenvalue weighted by molar-refractivity contribution is 5.96. The molecule has 130 valence electrons. The van der Waals surface area contributed by atoms with Crippen LogP contribution >= 0.6 is 0 Å². The Hall–Kier alpha value is -3.67. The van der Waals surface area contributed by atoms with Crippen LogP contribution in [0.2, 0.25) is 0 Å². The standard InChI is InChI=1S/C20H15NO5/c22-18-12-17(9-10-21-18)26-20(24)16-8-4-7-15(11-16)19(23)25-13-14-5-2-1-3-6-14/h1-12H,13H2,(H,21,22). The van der Waals surface area contributed by atoms with Gasteiger partial charge in [0.1, 0.15) is 12.4 Å². The predicted molar refractivity (Wildman–Crippen MR) is 94.0 cm³/mol. The van der Waals surface area contributed by atoms with Gasteiger partial charge >= 0.3 is 11.9 Å². The number of benzene rings is 2. The van der Waals surface area contributed by atoms with Crippen molar-refractivity contribution < 1.29 is 19.1 Å². The van der Waals surface area contributed by atoms with Gasteiger partial charge in [-0.1, -0.05) is 36.4 Å². The molecule has 6 nitrogen and oxygen atoms in total. The molecular weight excluding hydrogens is 334 g/mol. The molecule has 0 aliphatic heterocycles. The van der Waals surface area contributed by atoms with Gasteiger partial charge in [-0.3, -0.25) is 4.79 Å². The molecule has 0 radical (unpaired) electrons. The van der Waals surface area contributed by atoms with E-state index >= 15 is 0 Å². The van der Waals surface area contributed by atoms with E-state index in [4.69, 9.17) is 9.47 Å². The molecule has 2 aromatic carbocycles. The maximum absolute atomic E-state index is 12.2. The molecule has 26 heavy (non-hydrogen) atoms. The fraction of sp³-hybridized carbons (Fsp3) is 0.0500. The summed E-state index contributed by atoms with van der Waals surface area (Å²) in [6, 6.07) is 17.9. The molecule has 0 saturated carbocycles. The van der Waals surface area contributed by atoms with Crippen LogP contribution in [0.4, 0.5) is 0 Å². The van der Waals surface area contributed by atoms with Gasteiger partial charge in [-0.25, -0.2) is 9.59 Å². The van der Waals surface area contributed by atoms with E-state index in [-0.39, 0.29) is 29.0 Å². The van der Waals surface area contributed by atoms with E-state index in [1.165, 1.54) is 24.4 Å². The highest BCUT2D eigenvalue weighted by atomic mass is 16.5. The fourth-order valence-electron chi connectivity index (χ4n) is 2.23. The van der Waals surface area contributed by atoms with Gasteiger partial charge in [-0.05, 0) is 29.8 Å². The van der Waals surface area contributed by atoms with Crippen molar-refractivity contribution in [3.8, 4) is 5.75 Å². The Labute approximate surface area is 149 Å². The molecule has 0 unspecified atom stereocenters. The topological polar surface area (TPSA) is 85.5 Å². The first-order valence-electron chi connectivity index (χ1n) is 7.84. The van der Waals surface area contributed by atoms with Gasteiger partial charge < -0.3 is 14.5 Å². The number of hydrogen-bond acceptors (Lipinski definition) is 5. The van der Waals surface area contributed by atoms with Crippen LogP contribution in [-0.2, 0) is 11.3 Å². The fourth-order valence-corrected chi connectivity index (χ4v) is 2.23. The number of esters is 2. The van der Waals surface area contributed by atoms with Crippen LogP contribution in [-0.4, -0.2) is 16.9 Å². The largest absolute Gasteiger partial charge is 0.457 e. The molecular formula is C20H15NO5. The number of carbonyl (C=O) groups is 2. The minimum Gasteiger partial charge on any atom is -0.457 e. The Morgan fingerprint density at radius 3 is 2.31 bits per heavy atom. The summed E-state index contributed by atoms with van der Waals surface area (Å²) in [4.78, 5) is 38.0. The zero-order valence-electron chi connectivity index (χ0n) is 13.7. The molecule has 0 bridgehead atoms. The Bertz CT molecular complexity index is 979. The van der Waals surface area contributed by atoms with Gasteiger partial charge in [0.2, 0.25) is 0 Å². The molecule has 6 heteroatoms. The summed E-state index contributed by atoms with van der Waals surface area (Å²) >= 11 is 0. The van der Waals surface area contributed by atoms with E-state index in [1.54, 1.807) is 12.1 Å². The van der Waals surface area contributed by atoms with Gasteiger partial charge in [0, 0.05) is 12.3 Å². The van der Waals surface area contributed by atoms with Crippen LogP contribution in [0.25, 0.3) is 0 Å². The van der Waals surface area contributed by atoms with Crippen molar-refractivity contribution in [2.24, 2.45) is 0 Å². The highest BCUT2D eigenvalue weighted by Gasteiger charge is 2.13. The molecule has 1 aromatic heterocycles. The molecule has 0 saturated heterocycles. The molecule has 0 fully saturated rings. The van der Waals surface area contributed by atoms with Crippen molar-refractivity contribution in [1.82, 2.24) is 4.98 Å². The van der Waals surface area contributed by atoms with Gasteiger partial charge in [0.15, 0.2) is 0 Å². The number of aromatic nitrogens is 1. The number of aromatic amines is 1. The van der Waals surface area contributed by atoms with Gasteiger partial charge in [-0.2, -0.15) is 0 Å². The first-order valence-corrected chi connectivity index (χ1v) is 7.84. The second-order valence-electron chi connectivity index (χ2n) is 5.42. The van der Waals surface area contributed by atoms with Gasteiger partial charge in [-0.15, -0.1) is 0 Å². The lowest BCUT2D eigenvalue weighted by Gasteiger charge is -2.07. The Balaban J connectivity index is 1.68. The van der Waals surface area contributed by atoms with E-state index in [0.717, 1.165) is 11.6 Å². The van der Waals surface area contributed by atoms with Crippen molar-refractivity contribution in [3.63, 3.8) is 0 Å². The Kier molecular flexibility index (Phi) is 5.24. The lowest BCUT2D eigenvalue weighted by Crippen LogP contribution is -2.12. The second kappa shape index (κ2) is 7.94. The normalized spacial score (nSPS) is 10.2. The molecule has 3 rings (SSSR count). The summed E-state index contributed by atoms with van der Waals surface area (Å²) < 4.78 is 10.4. The van der Waals surface area contributed by atoms with Gasteiger partial charge in [0.05, 0.1) is 11.1 Å². The SMILES string of the molecule is O=C(OCc1ccccc1)c1cccc(C(=O)Oc2cc[nH]c(=O)c2)c1. The lowest BCUT2D eigenvalue weighted by molar-refractivity contribution is 0.0472. The summed E-state index contributed by atoms with van der Waals surface area (Å²) in [7, 11) is 0. The molecule has 1 N–H and O–H groups in total. The molecule has 0 amide bonds. The number of nitrogens with one attached hydrogen (secondary N) is 1.